The minimum absolute atomic E-state index is 0.00202. The fraction of sp³-hybridized carbons (Fsp3) is 0.615. The molecule has 58 heteroatoms. The van der Waals surface area contributed by atoms with Crippen LogP contribution in [0.2, 0.25) is 0 Å². The highest BCUT2D eigenvalue weighted by Gasteiger charge is 2.42. The van der Waals surface area contributed by atoms with E-state index in [-0.39, 0.29) is 165 Å². The fourth-order valence-corrected chi connectivity index (χ4v) is 15.5. The molecule has 3 aromatic rings. The second-order valence-corrected chi connectivity index (χ2v) is 36.9. The van der Waals surface area contributed by atoms with E-state index in [1.54, 1.807) is 71.9 Å². The van der Waals surface area contributed by atoms with Crippen LogP contribution >= 0.6 is 12.6 Å². The Morgan fingerprint density at radius 1 is 0.450 bits per heavy atom. The first-order chi connectivity index (χ1) is 70.6. The van der Waals surface area contributed by atoms with E-state index in [0.29, 0.717) is 24.1 Å². The number of aliphatic carboxylic acids is 2. The van der Waals surface area contributed by atoms with Crippen molar-refractivity contribution in [3.8, 4) is 0 Å². The highest BCUT2D eigenvalue weighted by atomic mass is 32.1. The number of guanidine groups is 4. The van der Waals surface area contributed by atoms with Gasteiger partial charge in [0.15, 0.2) is 23.8 Å². The van der Waals surface area contributed by atoms with Crippen LogP contribution in [0.25, 0.3) is 0 Å². The fourth-order valence-electron chi connectivity index (χ4n) is 15.3. The monoisotopic (exact) mass is 2120 g/mol. The summed E-state index contributed by atoms with van der Waals surface area (Å²) in [5, 5.41) is 111. The van der Waals surface area contributed by atoms with Gasteiger partial charge >= 0.3 is 11.9 Å². The van der Waals surface area contributed by atoms with Gasteiger partial charge < -0.3 is 171 Å². The van der Waals surface area contributed by atoms with E-state index in [2.05, 4.69) is 139 Å². The van der Waals surface area contributed by atoms with Gasteiger partial charge in [-0.3, -0.25) is 108 Å². The number of nitrogens with one attached hydrogen (secondary N) is 26. The van der Waals surface area contributed by atoms with E-state index in [1.165, 1.54) is 32.0 Å². The third-order valence-corrected chi connectivity index (χ3v) is 24.0. The summed E-state index contributed by atoms with van der Waals surface area (Å²) in [6.45, 7) is 8.94. The smallest absolute Gasteiger partial charge is 0.326 e. The van der Waals surface area contributed by atoms with Crippen LogP contribution < -0.4 is 141 Å². The second-order valence-electron chi connectivity index (χ2n) is 36.6. The summed E-state index contributed by atoms with van der Waals surface area (Å²) in [5.74, 6) is -22.4. The van der Waals surface area contributed by atoms with Crippen molar-refractivity contribution >= 4 is 149 Å². The van der Waals surface area contributed by atoms with Gasteiger partial charge in [-0.25, -0.2) is 14.8 Å². The molecule has 1 aromatic carbocycles. The number of thiol groups is 1. The molecule has 0 spiro atoms. The summed E-state index contributed by atoms with van der Waals surface area (Å²) in [6, 6.07) is -15.3. The Bertz CT molecular complexity index is 4950. The number of benzene rings is 1. The molecule has 0 unspecified atom stereocenters. The lowest BCUT2D eigenvalue weighted by Crippen LogP contribution is -2.62. The number of hydrogen-bond donors (Lipinski definition) is 36. The summed E-state index contributed by atoms with van der Waals surface area (Å²) in [7, 11) is 0. The van der Waals surface area contributed by atoms with Crippen LogP contribution in [0.15, 0.2) is 55.4 Å². The number of aromatic amines is 2. The van der Waals surface area contributed by atoms with Gasteiger partial charge in [0, 0.05) is 76.6 Å². The lowest BCUT2D eigenvalue weighted by molar-refractivity contribution is -0.142. The van der Waals surface area contributed by atoms with Crippen LogP contribution in [0.4, 0.5) is 0 Å². The molecule has 3 heterocycles. The number of unbranched alkanes of at least 4 members (excludes halogenated alkanes) is 1. The molecule has 149 heavy (non-hydrogen) atoms. The number of carboxylic acid groups (broad SMARTS) is 2. The van der Waals surface area contributed by atoms with Gasteiger partial charge in [-0.15, -0.1) is 0 Å². The molecule has 1 saturated heterocycles. The maximum atomic E-state index is 15.1. The van der Waals surface area contributed by atoms with Crippen LogP contribution in [-0.4, -0.2) is 338 Å². The van der Waals surface area contributed by atoms with Gasteiger partial charge in [0.25, 0.3) is 0 Å². The van der Waals surface area contributed by atoms with Gasteiger partial charge in [0.1, 0.15) is 90.6 Å². The molecule has 1 aliphatic rings. The van der Waals surface area contributed by atoms with E-state index >= 15 is 9.59 Å². The molecular formula is C91H151N35O22S. The number of carbonyl (C=O) groups is 19. The molecule has 828 valence electrons. The SMILES string of the molecule is CC[C@H](C)[C@H](NC(=O)[C@H](CC(C)C)NC(=O)[C@H](CCCNC(=N)N)NC(=O)[C@H](C)NC(=O)[C@H](CCCNC(=N)N)NC(=O)[C@H](CO)NC(=O)[C@H](CCCCN)NC(=O)[C@@H](N)Cc1c[nH]cn1)C(=O)N[C@@H](Cc1ccccc1)C(=O)N[C@@H](Cc1c[nH]cn1)C(=O)N[C@@H](CCC(=O)O)C(=O)NCC(=O)N1CCC[C@H]1C(=O)N[C@@H](CS)C(=O)NCC(=O)N[C@H](C(=O)N[C@@H](CCCNC(=N)N)C(=O)N[C@@H](CCCNC(=N)N)C(=O)O)C(C)C. The molecule has 0 bridgehead atoms. The zero-order chi connectivity index (χ0) is 111. The van der Waals surface area contributed by atoms with Crippen molar-refractivity contribution in [2.45, 2.75) is 274 Å². The quantitative estimate of drug-likeness (QED) is 0.0108. The normalized spacial score (nSPS) is 15.3. The Balaban J connectivity index is 1.53. The van der Waals surface area contributed by atoms with Gasteiger partial charge in [0.05, 0.1) is 49.8 Å². The van der Waals surface area contributed by atoms with Crippen molar-refractivity contribution in [2.75, 3.05) is 64.7 Å². The largest absolute Gasteiger partial charge is 0.481 e. The predicted molar refractivity (Wildman–Crippen MR) is 545 cm³/mol. The van der Waals surface area contributed by atoms with Crippen LogP contribution in [0.5, 0.6) is 0 Å². The van der Waals surface area contributed by atoms with Crippen molar-refractivity contribution in [1.82, 2.24) is 131 Å². The van der Waals surface area contributed by atoms with E-state index in [0.717, 1.165) is 4.90 Å². The Labute approximate surface area is 866 Å². The van der Waals surface area contributed by atoms with Gasteiger partial charge in [-0.2, -0.15) is 12.6 Å². The summed E-state index contributed by atoms with van der Waals surface area (Å²) >= 11 is 4.23. The second kappa shape index (κ2) is 66.9. The number of carbonyl (C=O) groups excluding carboxylic acids is 17. The maximum Gasteiger partial charge on any atom is 0.326 e. The van der Waals surface area contributed by atoms with Crippen LogP contribution in [0, 0.1) is 39.4 Å². The Morgan fingerprint density at radius 2 is 0.866 bits per heavy atom. The van der Waals surface area contributed by atoms with Gasteiger partial charge in [-0.1, -0.05) is 78.3 Å². The average Bonchev–Trinajstić information content (AvgIpc) is 1.40. The summed E-state index contributed by atoms with van der Waals surface area (Å²) < 4.78 is 0. The molecule has 1 aliphatic heterocycles. The minimum atomic E-state index is -1.75. The zero-order valence-electron chi connectivity index (χ0n) is 84.7. The maximum absolute atomic E-state index is 15.1. The van der Waals surface area contributed by atoms with E-state index in [9.17, 15) is 96.8 Å². The number of aromatic nitrogens is 4. The Kier molecular flexibility index (Phi) is 56.6. The number of rotatable bonds is 70. The summed E-state index contributed by atoms with van der Waals surface area (Å²) in [6.07, 6.45) is 4.63. The zero-order valence-corrected chi connectivity index (χ0v) is 85.6. The van der Waals surface area contributed by atoms with Crippen molar-refractivity contribution in [2.24, 2.45) is 52.2 Å². The highest BCUT2D eigenvalue weighted by Crippen LogP contribution is 2.20. The number of aliphatic hydroxyl groups is 1. The number of hydrogen-bond acceptors (Lipinski definition) is 29. The number of nitrogens with two attached hydrogens (primary N) is 6. The number of carboxylic acids is 2. The van der Waals surface area contributed by atoms with E-state index in [4.69, 9.17) is 56.0 Å². The van der Waals surface area contributed by atoms with E-state index in [1.807, 2.05) is 0 Å². The molecule has 0 saturated carbocycles. The highest BCUT2D eigenvalue weighted by molar-refractivity contribution is 7.80. The molecule has 17 amide bonds. The van der Waals surface area contributed by atoms with Gasteiger partial charge in [-0.05, 0) is 133 Å². The number of H-pyrrole nitrogens is 2. The van der Waals surface area contributed by atoms with Crippen LogP contribution in [0.3, 0.4) is 0 Å². The molecule has 17 atom stereocenters. The van der Waals surface area contributed by atoms with Crippen molar-refractivity contribution < 1.29 is 106 Å². The summed E-state index contributed by atoms with van der Waals surface area (Å²) in [4.78, 5) is 281. The number of imidazole rings is 2. The molecule has 4 rings (SSSR count). The third-order valence-electron chi connectivity index (χ3n) is 23.6. The Hall–Kier alpha value is -15.1. The lowest BCUT2D eigenvalue weighted by atomic mass is 9.95. The number of likely N-dealkylation sites (tertiary alicyclic amines) is 1. The Morgan fingerprint density at radius 3 is 1.34 bits per heavy atom. The van der Waals surface area contributed by atoms with Crippen molar-refractivity contribution in [1.29, 1.82) is 21.6 Å². The van der Waals surface area contributed by atoms with E-state index < -0.39 is 272 Å². The standard InChI is InChI=1S/C91H151N35O22S/c1-8-49(6)71(125-82(142)61(35-47(2)3)119-78(138)57(23-15-31-105-89(96)97)113-72(132)50(7)112-76(136)56(22-14-30-104-88(94)95)115-83(143)64(43-127)122-79(139)55(21-12-13-29-92)114-73(133)54(93)37-52-39-102-45-110-52)86(146)121-62(36-51-19-10-9-11-20-51)80(140)120-63(38-53-40-103-46-111-53)81(141)116-59(27-28-69(130)131)74(134)109-42-68(129)126-34-18-26-66(126)84(144)123-65(44-149)75(135)108-41-67(128)124-70(48(4)5)85(145)117-58(24-16-32-106-90(98)99)77(137)118-60(87(147)148)25-17-33-107-91(100)101/h9-11,19-20,39-40,45-50,54-66,70-71,127,149H,8,12-18,21-38,41-44,92-93H2,1-7H3,(H,102,110)(H,103,111)(H,108,135)(H,109,134)(H,112,136)(H,113,132)(H,114,133)(H,115,143)(H,116,141)(H,117,145)(H,118,137)(H,119,138)(H,120,140)(H,121,146)(H,122,139)(H,123,144)(H,124,128)(H,125,142)(H,130,131)(H,147,148)(H4,94,95,104)(H4,96,97,105)(H4,98,99,106)(H4,100,101,107)/t49-,50-,54-,55-,56-,57-,58-,59-,60-,61-,62-,63-,64-,65-,66-,70-,71-/m0/s1. The molecular weight excluding hydrogens is 1970 g/mol. The van der Waals surface area contributed by atoms with Crippen LogP contribution in [-0.2, 0) is 110 Å². The molecule has 57 nitrogen and oxygen atoms in total. The molecule has 1 fully saturated rings. The average molecular weight is 2120 g/mol. The minimum Gasteiger partial charge on any atom is -0.481 e. The van der Waals surface area contributed by atoms with Crippen LogP contribution in [0.1, 0.15) is 175 Å². The number of aliphatic hydroxyl groups excluding tert-OH is 1. The first kappa shape index (κ1) is 126. The van der Waals surface area contributed by atoms with Gasteiger partial charge in [0.2, 0.25) is 100 Å². The predicted octanol–water partition coefficient (Wildman–Crippen LogP) is -9.68. The molecule has 0 radical (unpaired) electrons. The summed E-state index contributed by atoms with van der Waals surface area (Å²) in [5.41, 5.74) is 34.7. The molecule has 41 N–H and O–H groups in total. The third kappa shape index (κ3) is 47.5. The molecule has 2 aromatic heterocycles. The topological polar surface area (TPSA) is 938 Å². The number of nitrogens with zero attached hydrogens (tertiary/aromatic N) is 3. The van der Waals surface area contributed by atoms with Crippen molar-refractivity contribution in [3.63, 3.8) is 0 Å². The first-order valence-corrected chi connectivity index (χ1v) is 49.8. The lowest BCUT2D eigenvalue weighted by Gasteiger charge is -2.30. The number of amides is 17. The molecule has 0 aliphatic carbocycles. The van der Waals surface area contributed by atoms with Crippen molar-refractivity contribution in [3.05, 3.63) is 72.3 Å². The first-order valence-electron chi connectivity index (χ1n) is 49.1.